The number of phosphoric acid groups is 2. The standard InChI is InChI=1S/C33H47FN8O13P2Si/c1-33(2,3)58(4,5)17-49-25-20-13-51-56(45,46)54-24-19(52-31(22(24)34)41-11-18-7-6-8-35-27-21(18)28(41)37-14-36-27)12-50-57(47,48)55-26(25)32(53-20)42-16-38-23-29(42)39-15-40(9-10-43)30(23)44/h11,14-16,19-20,22,24-26,31-32,43H,6-10,12-13,17H2,1-5H3,(H,45,46)(H,47,48)(H,35,36,37)/t19-,20-,22-,24-,25-,26-,31-,32-/m1/s1. The maximum atomic E-state index is 16.6. The van der Waals surface area contributed by atoms with Gasteiger partial charge in [-0.15, -0.1) is 0 Å². The normalized spacial score (nSPS) is 33.6. The monoisotopic (exact) mass is 872 g/mol. The number of aromatic nitrogens is 7. The summed E-state index contributed by atoms with van der Waals surface area (Å²) in [6.45, 7) is 9.19. The number of aryl methyl sites for hydroxylation is 1. The van der Waals surface area contributed by atoms with Crippen LogP contribution in [0.15, 0.2) is 30.0 Å². The fourth-order valence-corrected chi connectivity index (χ4v) is 10.3. The van der Waals surface area contributed by atoms with Gasteiger partial charge in [-0.2, -0.15) is 0 Å². The molecule has 58 heavy (non-hydrogen) atoms. The Kier molecular flexibility index (Phi) is 11.1. The number of nitrogens with one attached hydrogen (secondary N) is 1. The minimum Gasteiger partial charge on any atom is -0.395 e. The molecule has 10 atom stereocenters. The first-order valence-electron chi connectivity index (χ1n) is 18.9. The van der Waals surface area contributed by atoms with Crippen LogP contribution in [0.25, 0.3) is 22.2 Å². The molecule has 0 radical (unpaired) electrons. The summed E-state index contributed by atoms with van der Waals surface area (Å²) in [6.07, 6.45) is -5.31. The number of aliphatic hydroxyl groups is 1. The van der Waals surface area contributed by atoms with Gasteiger partial charge < -0.3 is 39.0 Å². The molecule has 4 aliphatic heterocycles. The van der Waals surface area contributed by atoms with E-state index in [1.807, 2.05) is 0 Å². The highest BCUT2D eigenvalue weighted by Gasteiger charge is 2.56. The highest BCUT2D eigenvalue weighted by atomic mass is 31.2. The van der Waals surface area contributed by atoms with Crippen LogP contribution in [0, 0.1) is 0 Å². The lowest BCUT2D eigenvalue weighted by Gasteiger charge is -2.38. The first-order chi connectivity index (χ1) is 27.4. The Morgan fingerprint density at radius 3 is 2.40 bits per heavy atom. The Morgan fingerprint density at radius 2 is 1.67 bits per heavy atom. The van der Waals surface area contributed by atoms with Gasteiger partial charge in [0.1, 0.15) is 54.6 Å². The zero-order valence-electron chi connectivity index (χ0n) is 32.4. The van der Waals surface area contributed by atoms with Crippen molar-refractivity contribution in [2.24, 2.45) is 0 Å². The second kappa shape index (κ2) is 15.5. The molecule has 0 spiro atoms. The number of rotatable bonds is 7. The largest absolute Gasteiger partial charge is 0.472 e. The van der Waals surface area contributed by atoms with Crippen LogP contribution in [-0.2, 0) is 54.4 Å². The number of fused-ring (bicyclic) bond motifs is 4. The summed E-state index contributed by atoms with van der Waals surface area (Å²) >= 11 is 0. The zero-order valence-corrected chi connectivity index (χ0v) is 35.2. The number of nitrogens with zero attached hydrogens (tertiary/aromatic N) is 7. The molecule has 8 rings (SSSR count). The minimum absolute atomic E-state index is 0.00977. The Labute approximate surface area is 332 Å². The summed E-state index contributed by atoms with van der Waals surface area (Å²) in [7, 11) is -12.5. The van der Waals surface area contributed by atoms with Crippen LogP contribution in [0.2, 0.25) is 18.1 Å². The van der Waals surface area contributed by atoms with E-state index in [0.29, 0.717) is 29.8 Å². The van der Waals surface area contributed by atoms with E-state index >= 15 is 4.39 Å². The molecule has 2 bridgehead atoms. The maximum Gasteiger partial charge on any atom is 0.472 e. The van der Waals surface area contributed by atoms with E-state index in [0.717, 1.165) is 12.0 Å². The highest BCUT2D eigenvalue weighted by molar-refractivity contribution is 7.47. The minimum atomic E-state index is -5.16. The number of phosphoric ester groups is 2. The Morgan fingerprint density at radius 1 is 0.966 bits per heavy atom. The fraction of sp³-hybridized carbons (Fsp3) is 0.667. The van der Waals surface area contributed by atoms with Gasteiger partial charge in [0.25, 0.3) is 5.56 Å². The quantitative estimate of drug-likeness (QED) is 0.154. The van der Waals surface area contributed by atoms with Crippen LogP contribution in [0.5, 0.6) is 0 Å². The Bertz CT molecular complexity index is 2340. The second-order valence-corrected chi connectivity index (χ2v) is 24.8. The molecule has 3 saturated heterocycles. The van der Waals surface area contributed by atoms with Crippen LogP contribution in [0.4, 0.5) is 10.2 Å². The first kappa shape index (κ1) is 41.7. The van der Waals surface area contributed by atoms with E-state index in [-0.39, 0.29) is 35.6 Å². The van der Waals surface area contributed by atoms with Crippen molar-refractivity contribution in [3.8, 4) is 0 Å². The molecule has 0 aliphatic carbocycles. The number of imidazole rings is 1. The molecule has 0 aromatic carbocycles. The number of ether oxygens (including phenoxy) is 3. The van der Waals surface area contributed by atoms with Crippen LogP contribution in [0.1, 0.15) is 45.2 Å². The molecule has 4 N–H and O–H groups in total. The molecule has 4 aromatic heterocycles. The van der Waals surface area contributed by atoms with Crippen LogP contribution >= 0.6 is 15.6 Å². The van der Waals surface area contributed by atoms with Gasteiger partial charge in [0.05, 0.1) is 46.2 Å². The van der Waals surface area contributed by atoms with E-state index in [1.165, 1.54) is 32.7 Å². The van der Waals surface area contributed by atoms with Gasteiger partial charge in [0.15, 0.2) is 29.8 Å². The lowest BCUT2D eigenvalue weighted by molar-refractivity contribution is -0.0674. The molecular weight excluding hydrogens is 825 g/mol. The number of anilines is 1. The van der Waals surface area contributed by atoms with E-state index < -0.39 is 91.6 Å². The van der Waals surface area contributed by atoms with E-state index in [2.05, 4.69) is 59.1 Å². The molecule has 0 amide bonds. The number of aliphatic hydroxyl groups excluding tert-OH is 1. The third-order valence-corrected chi connectivity index (χ3v) is 18.5. The van der Waals surface area contributed by atoms with Crippen molar-refractivity contribution in [2.75, 3.05) is 37.9 Å². The Hall–Kier alpha value is -3.02. The lowest BCUT2D eigenvalue weighted by Crippen LogP contribution is -2.47. The van der Waals surface area contributed by atoms with E-state index in [4.69, 9.17) is 32.3 Å². The summed E-state index contributed by atoms with van der Waals surface area (Å²) in [6, 6.07) is 0. The third kappa shape index (κ3) is 7.74. The van der Waals surface area contributed by atoms with Crippen LogP contribution in [0.3, 0.4) is 0 Å². The van der Waals surface area contributed by atoms with Gasteiger partial charge in [-0.3, -0.25) is 32.0 Å². The number of alkyl halides is 1. The van der Waals surface area contributed by atoms with Crippen molar-refractivity contribution in [1.29, 1.82) is 0 Å². The number of hydrogen-bond acceptors (Lipinski definition) is 16. The predicted molar refractivity (Wildman–Crippen MR) is 204 cm³/mol. The summed E-state index contributed by atoms with van der Waals surface area (Å²) < 4.78 is 89.4. The molecular formula is C33H47FN8O13P2Si. The SMILES string of the molecule is CC(C)(C)[Si](C)(C)CO[C@H]1[C@H]2OP(=O)(O)OC[C@H]3O[C@@H](n4cc5c6c(ncnc64)NCCC5)[C@H](F)[C@@H]3OP(=O)(O)OC[C@H]1O[C@H]2n1cnc2c(=O)n(CCO)cnc21. The van der Waals surface area contributed by atoms with Crippen LogP contribution in [-0.4, -0.2) is 126 Å². The zero-order chi connectivity index (χ0) is 41.4. The second-order valence-electron chi connectivity index (χ2n) is 16.5. The maximum absolute atomic E-state index is 16.6. The van der Waals surface area contributed by atoms with E-state index in [1.54, 1.807) is 6.20 Å². The topological polar surface area (TPSA) is 255 Å². The molecule has 4 aliphatic rings. The van der Waals surface area contributed by atoms with Gasteiger partial charge in [0.2, 0.25) is 0 Å². The lowest BCUT2D eigenvalue weighted by atomic mass is 10.1. The van der Waals surface area contributed by atoms with Crippen LogP contribution < -0.4 is 10.9 Å². The fourth-order valence-electron chi connectivity index (χ4n) is 7.35. The summed E-state index contributed by atoms with van der Waals surface area (Å²) in [5.41, 5.74) is 0.524. The summed E-state index contributed by atoms with van der Waals surface area (Å²) in [5, 5.41) is 13.2. The van der Waals surface area contributed by atoms with Gasteiger partial charge >= 0.3 is 15.6 Å². The molecule has 4 aromatic rings. The van der Waals surface area contributed by atoms with Gasteiger partial charge in [-0.25, -0.2) is 33.5 Å². The third-order valence-electron chi connectivity index (χ3n) is 11.6. The average Bonchev–Trinajstić information content (AvgIpc) is 3.87. The summed E-state index contributed by atoms with van der Waals surface area (Å²) in [4.78, 5) is 52.9. The Balaban J connectivity index is 1.14. The van der Waals surface area contributed by atoms with Crippen molar-refractivity contribution in [3.05, 3.63) is 41.1 Å². The molecule has 8 heterocycles. The van der Waals surface area contributed by atoms with Crippen molar-refractivity contribution < 1.29 is 60.7 Å². The van der Waals surface area contributed by atoms with Gasteiger partial charge in [-0.05, 0) is 23.4 Å². The molecule has 2 unspecified atom stereocenters. The van der Waals surface area contributed by atoms with Crippen molar-refractivity contribution in [3.63, 3.8) is 0 Å². The number of hydrogen-bond donors (Lipinski definition) is 4. The van der Waals surface area contributed by atoms with Crippen molar-refractivity contribution in [2.45, 2.75) is 107 Å². The molecule has 3 fully saturated rings. The smallest absolute Gasteiger partial charge is 0.395 e. The molecule has 25 heteroatoms. The molecule has 21 nitrogen and oxygen atoms in total. The van der Waals surface area contributed by atoms with Gasteiger partial charge in [-0.1, -0.05) is 33.9 Å². The van der Waals surface area contributed by atoms with Crippen molar-refractivity contribution in [1.82, 2.24) is 33.6 Å². The average molecular weight is 873 g/mol. The van der Waals surface area contributed by atoms with Gasteiger partial charge in [0, 0.05) is 19.0 Å². The number of halogens is 1. The van der Waals surface area contributed by atoms with Crippen molar-refractivity contribution >= 4 is 51.7 Å². The summed E-state index contributed by atoms with van der Waals surface area (Å²) in [5.74, 6) is 0.568. The van der Waals surface area contributed by atoms with E-state index in [9.17, 15) is 28.8 Å². The highest BCUT2D eigenvalue weighted by Crippen LogP contribution is 2.55. The molecule has 318 valence electrons. The predicted octanol–water partition coefficient (Wildman–Crippen LogP) is 2.97. The molecule has 0 saturated carbocycles. The first-order valence-corrected chi connectivity index (χ1v) is 25.1.